The Kier molecular flexibility index (Phi) is 5.89. The number of nitrogens with one attached hydrogen (secondary N) is 1. The van der Waals surface area contributed by atoms with Gasteiger partial charge in [-0.25, -0.2) is 0 Å². The Balaban J connectivity index is 2.62. The fourth-order valence-corrected chi connectivity index (χ4v) is 2.00. The van der Waals surface area contributed by atoms with Gasteiger partial charge in [-0.1, -0.05) is 20.8 Å². The third kappa shape index (κ3) is 4.14. The lowest BCUT2D eigenvalue weighted by molar-refractivity contribution is 0.186. The van der Waals surface area contributed by atoms with E-state index in [2.05, 4.69) is 51.0 Å². The highest BCUT2D eigenvalue weighted by molar-refractivity contribution is 5.20. The van der Waals surface area contributed by atoms with Crippen molar-refractivity contribution in [2.45, 2.75) is 53.8 Å². The molecule has 3 nitrogen and oxygen atoms in total. The van der Waals surface area contributed by atoms with Gasteiger partial charge in [0.15, 0.2) is 0 Å². The summed E-state index contributed by atoms with van der Waals surface area (Å²) in [6.07, 6.45) is 0. The number of hydrogen-bond donors (Lipinski definition) is 1. The van der Waals surface area contributed by atoms with Crippen molar-refractivity contribution < 1.29 is 4.42 Å². The van der Waals surface area contributed by atoms with Gasteiger partial charge in [-0.3, -0.25) is 4.90 Å². The van der Waals surface area contributed by atoms with Gasteiger partial charge in [0, 0.05) is 18.2 Å². The van der Waals surface area contributed by atoms with Gasteiger partial charge in [0.2, 0.25) is 0 Å². The minimum absolute atomic E-state index is 0.563. The van der Waals surface area contributed by atoms with Gasteiger partial charge in [0.05, 0.1) is 6.54 Å². The molecule has 1 heterocycles. The van der Waals surface area contributed by atoms with Crippen LogP contribution >= 0.6 is 0 Å². The van der Waals surface area contributed by atoms with Crippen molar-refractivity contribution in [1.29, 1.82) is 0 Å². The standard InChI is InChI=1S/C15H28N2O/c1-7-16-9-14-8-15(18-13(14)5)10-17(6)12(4)11(2)3/h8,11-12,16H,7,9-10H2,1-6H3. The van der Waals surface area contributed by atoms with Crippen LogP contribution in [0.15, 0.2) is 10.5 Å². The van der Waals surface area contributed by atoms with Crippen molar-refractivity contribution in [2.24, 2.45) is 5.92 Å². The van der Waals surface area contributed by atoms with E-state index < -0.39 is 0 Å². The molecule has 0 spiro atoms. The predicted molar refractivity (Wildman–Crippen MR) is 76.6 cm³/mol. The summed E-state index contributed by atoms with van der Waals surface area (Å²) in [4.78, 5) is 2.35. The summed E-state index contributed by atoms with van der Waals surface area (Å²) < 4.78 is 5.83. The summed E-state index contributed by atoms with van der Waals surface area (Å²) in [5.74, 6) is 2.76. The summed E-state index contributed by atoms with van der Waals surface area (Å²) >= 11 is 0. The van der Waals surface area contributed by atoms with E-state index in [4.69, 9.17) is 4.42 Å². The molecule has 0 aliphatic heterocycles. The van der Waals surface area contributed by atoms with Crippen LogP contribution in [-0.4, -0.2) is 24.5 Å². The maximum Gasteiger partial charge on any atom is 0.118 e. The van der Waals surface area contributed by atoms with E-state index >= 15 is 0 Å². The molecule has 0 aliphatic rings. The molecule has 18 heavy (non-hydrogen) atoms. The highest BCUT2D eigenvalue weighted by Crippen LogP contribution is 2.18. The molecule has 1 aromatic heterocycles. The van der Waals surface area contributed by atoms with Gasteiger partial charge in [0.25, 0.3) is 0 Å². The molecule has 0 aliphatic carbocycles. The Morgan fingerprint density at radius 1 is 1.33 bits per heavy atom. The number of nitrogens with zero attached hydrogens (tertiary/aromatic N) is 1. The van der Waals surface area contributed by atoms with Crippen LogP contribution in [0.2, 0.25) is 0 Å². The Morgan fingerprint density at radius 3 is 2.56 bits per heavy atom. The van der Waals surface area contributed by atoms with Crippen molar-refractivity contribution in [3.8, 4) is 0 Å². The summed E-state index contributed by atoms with van der Waals surface area (Å²) in [5, 5.41) is 3.34. The topological polar surface area (TPSA) is 28.4 Å². The van der Waals surface area contributed by atoms with Crippen molar-refractivity contribution in [1.82, 2.24) is 10.2 Å². The van der Waals surface area contributed by atoms with Gasteiger partial charge in [0.1, 0.15) is 11.5 Å². The first-order chi connectivity index (χ1) is 8.45. The molecule has 104 valence electrons. The smallest absolute Gasteiger partial charge is 0.118 e. The largest absolute Gasteiger partial charge is 0.465 e. The minimum Gasteiger partial charge on any atom is -0.465 e. The molecule has 1 unspecified atom stereocenters. The minimum atomic E-state index is 0.563. The molecule has 0 amide bonds. The van der Waals surface area contributed by atoms with Crippen LogP contribution in [-0.2, 0) is 13.1 Å². The van der Waals surface area contributed by atoms with E-state index in [0.717, 1.165) is 31.2 Å². The number of furan rings is 1. The van der Waals surface area contributed by atoms with Gasteiger partial charge >= 0.3 is 0 Å². The Hall–Kier alpha value is -0.800. The van der Waals surface area contributed by atoms with E-state index in [0.29, 0.717) is 12.0 Å². The van der Waals surface area contributed by atoms with Gasteiger partial charge in [-0.15, -0.1) is 0 Å². The SMILES string of the molecule is CCNCc1cc(CN(C)C(C)C(C)C)oc1C. The van der Waals surface area contributed by atoms with Crippen molar-refractivity contribution in [3.63, 3.8) is 0 Å². The maximum atomic E-state index is 5.83. The van der Waals surface area contributed by atoms with Crippen LogP contribution in [0.5, 0.6) is 0 Å². The molecule has 0 aromatic carbocycles. The molecule has 3 heteroatoms. The fraction of sp³-hybridized carbons (Fsp3) is 0.733. The fourth-order valence-electron chi connectivity index (χ4n) is 2.00. The van der Waals surface area contributed by atoms with Crippen molar-refractivity contribution in [2.75, 3.05) is 13.6 Å². The van der Waals surface area contributed by atoms with Gasteiger partial charge < -0.3 is 9.73 Å². The summed E-state index contributed by atoms with van der Waals surface area (Å²) in [6.45, 7) is 13.7. The second kappa shape index (κ2) is 6.95. The molecule has 1 rings (SSSR count). The Morgan fingerprint density at radius 2 is 2.00 bits per heavy atom. The number of aryl methyl sites for hydroxylation is 1. The zero-order valence-corrected chi connectivity index (χ0v) is 12.7. The number of rotatable bonds is 7. The first kappa shape index (κ1) is 15.3. The Labute approximate surface area is 112 Å². The van der Waals surface area contributed by atoms with E-state index in [1.807, 2.05) is 6.92 Å². The van der Waals surface area contributed by atoms with Crippen LogP contribution in [0.25, 0.3) is 0 Å². The van der Waals surface area contributed by atoms with E-state index in [-0.39, 0.29) is 0 Å². The van der Waals surface area contributed by atoms with E-state index in [1.165, 1.54) is 5.56 Å². The second-order valence-electron chi connectivity index (χ2n) is 5.47. The first-order valence-corrected chi connectivity index (χ1v) is 6.94. The van der Waals surface area contributed by atoms with Crippen LogP contribution in [0, 0.1) is 12.8 Å². The van der Waals surface area contributed by atoms with Crippen LogP contribution in [0.3, 0.4) is 0 Å². The lowest BCUT2D eigenvalue weighted by atomic mass is 10.1. The quantitative estimate of drug-likeness (QED) is 0.808. The molecule has 1 N–H and O–H groups in total. The zero-order valence-electron chi connectivity index (χ0n) is 12.7. The third-order valence-corrected chi connectivity index (χ3v) is 3.70. The molecule has 0 radical (unpaired) electrons. The average Bonchev–Trinajstić information content (AvgIpc) is 2.65. The zero-order chi connectivity index (χ0) is 13.7. The van der Waals surface area contributed by atoms with E-state index in [9.17, 15) is 0 Å². The first-order valence-electron chi connectivity index (χ1n) is 6.94. The molecule has 0 saturated carbocycles. The summed E-state index contributed by atoms with van der Waals surface area (Å²) in [7, 11) is 2.16. The molecule has 0 fully saturated rings. The van der Waals surface area contributed by atoms with Gasteiger partial charge in [-0.05, 0) is 39.4 Å². The monoisotopic (exact) mass is 252 g/mol. The summed E-state index contributed by atoms with van der Waals surface area (Å²) in [6, 6.07) is 2.74. The number of hydrogen-bond acceptors (Lipinski definition) is 3. The van der Waals surface area contributed by atoms with Gasteiger partial charge in [-0.2, -0.15) is 0 Å². The Bertz CT molecular complexity index is 357. The van der Waals surface area contributed by atoms with Crippen molar-refractivity contribution in [3.05, 3.63) is 23.2 Å². The predicted octanol–water partition coefficient (Wildman–Crippen LogP) is 3.17. The van der Waals surface area contributed by atoms with Crippen LogP contribution in [0.4, 0.5) is 0 Å². The second-order valence-corrected chi connectivity index (χ2v) is 5.47. The lowest BCUT2D eigenvalue weighted by Gasteiger charge is -2.26. The highest BCUT2D eigenvalue weighted by Gasteiger charge is 2.15. The van der Waals surface area contributed by atoms with Crippen LogP contribution < -0.4 is 5.32 Å². The van der Waals surface area contributed by atoms with Crippen molar-refractivity contribution >= 4 is 0 Å². The highest BCUT2D eigenvalue weighted by atomic mass is 16.3. The normalized spacial score (nSPS) is 13.6. The van der Waals surface area contributed by atoms with Crippen LogP contribution in [0.1, 0.15) is 44.8 Å². The van der Waals surface area contributed by atoms with E-state index in [1.54, 1.807) is 0 Å². The molecule has 1 atom stereocenters. The molecule has 0 bridgehead atoms. The average molecular weight is 252 g/mol. The summed E-state index contributed by atoms with van der Waals surface area (Å²) in [5.41, 5.74) is 1.28. The maximum absolute atomic E-state index is 5.83. The molecule has 0 saturated heterocycles. The third-order valence-electron chi connectivity index (χ3n) is 3.70. The molecular weight excluding hydrogens is 224 g/mol. The lowest BCUT2D eigenvalue weighted by Crippen LogP contribution is -2.32. The molecule has 1 aromatic rings. The molecular formula is C15H28N2O.